The van der Waals surface area contributed by atoms with E-state index in [1.807, 2.05) is 18.2 Å². The molecular weight excluding hydrogens is 202 g/mol. The van der Waals surface area contributed by atoms with Gasteiger partial charge in [-0.15, -0.1) is 0 Å². The Kier molecular flexibility index (Phi) is 3.03. The van der Waals surface area contributed by atoms with E-state index < -0.39 is 0 Å². The van der Waals surface area contributed by atoms with Crippen molar-refractivity contribution in [1.82, 2.24) is 10.9 Å². The van der Waals surface area contributed by atoms with Gasteiger partial charge in [-0.25, -0.2) is 5.43 Å². The predicted molar refractivity (Wildman–Crippen MR) is 65.0 cm³/mol. The van der Waals surface area contributed by atoms with Crippen LogP contribution in [0.15, 0.2) is 18.2 Å². The van der Waals surface area contributed by atoms with Gasteiger partial charge in [0.1, 0.15) is 5.75 Å². The number of nitrogens with one attached hydrogen (secondary N) is 2. The van der Waals surface area contributed by atoms with Crippen LogP contribution in [0.4, 0.5) is 5.69 Å². The van der Waals surface area contributed by atoms with Gasteiger partial charge in [0.15, 0.2) is 0 Å². The summed E-state index contributed by atoms with van der Waals surface area (Å²) in [6, 6.07) is 6.53. The average Bonchev–Trinajstić information content (AvgIpc) is 2.60. The summed E-state index contributed by atoms with van der Waals surface area (Å²) in [5.41, 5.74) is 14.2. The number of nitrogens with two attached hydrogens (primary N) is 1. The number of hydrogen-bond donors (Lipinski definition) is 3. The van der Waals surface area contributed by atoms with Crippen LogP contribution in [0.2, 0.25) is 0 Å². The topological polar surface area (TPSA) is 59.3 Å². The molecule has 1 fully saturated rings. The molecule has 1 saturated heterocycles. The van der Waals surface area contributed by atoms with Crippen molar-refractivity contribution >= 4 is 5.69 Å². The summed E-state index contributed by atoms with van der Waals surface area (Å²) in [7, 11) is 1.68. The first kappa shape index (κ1) is 11.2. The SMILES string of the molecule is COc1cc(N)ccc1C1NNC(C)C1C. The molecule has 1 aliphatic rings. The monoisotopic (exact) mass is 221 g/mol. The molecule has 4 nitrogen and oxygen atoms in total. The lowest BCUT2D eigenvalue weighted by atomic mass is 9.91. The first-order chi connectivity index (χ1) is 7.63. The van der Waals surface area contributed by atoms with E-state index in [0.717, 1.165) is 17.0 Å². The Hall–Kier alpha value is -1.26. The van der Waals surface area contributed by atoms with Crippen molar-refractivity contribution in [3.8, 4) is 5.75 Å². The molecule has 0 amide bonds. The Balaban J connectivity index is 2.33. The second kappa shape index (κ2) is 4.31. The second-order valence-electron chi connectivity index (χ2n) is 4.42. The molecule has 3 atom stereocenters. The van der Waals surface area contributed by atoms with E-state index in [2.05, 4.69) is 24.7 Å². The van der Waals surface area contributed by atoms with Gasteiger partial charge in [0, 0.05) is 23.4 Å². The summed E-state index contributed by atoms with van der Waals surface area (Å²) in [6.45, 7) is 4.39. The van der Waals surface area contributed by atoms with E-state index in [4.69, 9.17) is 10.5 Å². The average molecular weight is 221 g/mol. The van der Waals surface area contributed by atoms with Crippen LogP contribution in [-0.4, -0.2) is 13.2 Å². The molecule has 2 rings (SSSR count). The van der Waals surface area contributed by atoms with E-state index in [0.29, 0.717) is 12.0 Å². The lowest BCUT2D eigenvalue weighted by molar-refractivity contribution is 0.391. The van der Waals surface area contributed by atoms with Crippen molar-refractivity contribution in [2.75, 3.05) is 12.8 Å². The molecular formula is C12H19N3O. The van der Waals surface area contributed by atoms with Gasteiger partial charge in [0.25, 0.3) is 0 Å². The maximum Gasteiger partial charge on any atom is 0.125 e. The van der Waals surface area contributed by atoms with Crippen molar-refractivity contribution < 1.29 is 4.74 Å². The number of anilines is 1. The fourth-order valence-electron chi connectivity index (χ4n) is 2.12. The van der Waals surface area contributed by atoms with E-state index in [-0.39, 0.29) is 6.04 Å². The summed E-state index contributed by atoms with van der Waals surface area (Å²) >= 11 is 0. The lowest BCUT2D eigenvalue weighted by Crippen LogP contribution is -2.29. The fraction of sp³-hybridized carbons (Fsp3) is 0.500. The summed E-state index contributed by atoms with van der Waals surface area (Å²) in [6.07, 6.45) is 0. The largest absolute Gasteiger partial charge is 0.496 e. The van der Waals surface area contributed by atoms with Gasteiger partial charge in [-0.1, -0.05) is 13.0 Å². The molecule has 1 heterocycles. The number of rotatable bonds is 2. The molecule has 0 bridgehead atoms. The Bertz CT molecular complexity index is 381. The van der Waals surface area contributed by atoms with E-state index in [1.165, 1.54) is 0 Å². The minimum absolute atomic E-state index is 0.269. The van der Waals surface area contributed by atoms with Crippen LogP contribution in [-0.2, 0) is 0 Å². The molecule has 4 N–H and O–H groups in total. The minimum Gasteiger partial charge on any atom is -0.496 e. The molecule has 4 heteroatoms. The molecule has 88 valence electrons. The molecule has 0 radical (unpaired) electrons. The van der Waals surface area contributed by atoms with Crippen molar-refractivity contribution in [2.45, 2.75) is 25.9 Å². The van der Waals surface area contributed by atoms with E-state index in [1.54, 1.807) is 7.11 Å². The highest BCUT2D eigenvalue weighted by atomic mass is 16.5. The van der Waals surface area contributed by atoms with Gasteiger partial charge >= 0.3 is 0 Å². The molecule has 1 aromatic carbocycles. The molecule has 1 aliphatic heterocycles. The van der Waals surface area contributed by atoms with Gasteiger partial charge in [0.2, 0.25) is 0 Å². The molecule has 0 aliphatic carbocycles. The summed E-state index contributed by atoms with van der Waals surface area (Å²) in [4.78, 5) is 0. The molecule has 1 aromatic rings. The normalized spacial score (nSPS) is 29.3. The van der Waals surface area contributed by atoms with Crippen LogP contribution in [0, 0.1) is 5.92 Å². The smallest absolute Gasteiger partial charge is 0.125 e. The van der Waals surface area contributed by atoms with Crippen LogP contribution < -0.4 is 21.3 Å². The van der Waals surface area contributed by atoms with Gasteiger partial charge in [-0.05, 0) is 18.9 Å². The summed E-state index contributed by atoms with van der Waals surface area (Å²) < 4.78 is 5.37. The first-order valence-electron chi connectivity index (χ1n) is 5.58. The predicted octanol–water partition coefficient (Wildman–Crippen LogP) is 1.45. The number of benzene rings is 1. The lowest BCUT2D eigenvalue weighted by Gasteiger charge is -2.19. The van der Waals surface area contributed by atoms with Gasteiger partial charge in [-0.3, -0.25) is 5.43 Å². The maximum absolute atomic E-state index is 5.75. The zero-order valence-electron chi connectivity index (χ0n) is 9.95. The van der Waals surface area contributed by atoms with Gasteiger partial charge in [0.05, 0.1) is 13.2 Å². The number of hydrogen-bond acceptors (Lipinski definition) is 4. The minimum atomic E-state index is 0.269. The Labute approximate surface area is 96.1 Å². The zero-order chi connectivity index (χ0) is 11.7. The van der Waals surface area contributed by atoms with Crippen LogP contribution >= 0.6 is 0 Å². The third-order valence-electron chi connectivity index (χ3n) is 3.37. The van der Waals surface area contributed by atoms with Crippen molar-refractivity contribution in [2.24, 2.45) is 5.92 Å². The zero-order valence-corrected chi connectivity index (χ0v) is 9.95. The van der Waals surface area contributed by atoms with Crippen molar-refractivity contribution in [3.63, 3.8) is 0 Å². The molecule has 3 unspecified atom stereocenters. The number of hydrazine groups is 1. The fourth-order valence-corrected chi connectivity index (χ4v) is 2.12. The molecule has 0 saturated carbocycles. The maximum atomic E-state index is 5.75. The highest BCUT2D eigenvalue weighted by Crippen LogP contribution is 2.34. The van der Waals surface area contributed by atoms with Crippen LogP contribution in [0.25, 0.3) is 0 Å². The van der Waals surface area contributed by atoms with Gasteiger partial charge < -0.3 is 10.5 Å². The molecule has 0 aromatic heterocycles. The molecule has 16 heavy (non-hydrogen) atoms. The standard InChI is InChI=1S/C12H19N3O/c1-7-8(2)14-15-12(7)10-5-4-9(13)6-11(10)16-3/h4-8,12,14-15H,13H2,1-3H3. The Morgan fingerprint density at radius 1 is 1.25 bits per heavy atom. The summed E-state index contributed by atoms with van der Waals surface area (Å²) in [5, 5.41) is 0. The Morgan fingerprint density at radius 3 is 2.56 bits per heavy atom. The van der Waals surface area contributed by atoms with Crippen molar-refractivity contribution in [3.05, 3.63) is 23.8 Å². The van der Waals surface area contributed by atoms with Crippen molar-refractivity contribution in [1.29, 1.82) is 0 Å². The first-order valence-corrected chi connectivity index (χ1v) is 5.58. The number of methoxy groups -OCH3 is 1. The van der Waals surface area contributed by atoms with Crippen LogP contribution in [0.5, 0.6) is 5.75 Å². The van der Waals surface area contributed by atoms with Crippen LogP contribution in [0.1, 0.15) is 25.5 Å². The quantitative estimate of drug-likeness (QED) is 0.662. The second-order valence-corrected chi connectivity index (χ2v) is 4.42. The van der Waals surface area contributed by atoms with E-state index >= 15 is 0 Å². The number of nitrogen functional groups attached to an aromatic ring is 1. The van der Waals surface area contributed by atoms with Gasteiger partial charge in [-0.2, -0.15) is 0 Å². The molecule has 0 spiro atoms. The third kappa shape index (κ3) is 1.86. The highest BCUT2D eigenvalue weighted by Gasteiger charge is 2.31. The Morgan fingerprint density at radius 2 is 2.00 bits per heavy atom. The van der Waals surface area contributed by atoms with E-state index in [9.17, 15) is 0 Å². The highest BCUT2D eigenvalue weighted by molar-refractivity contribution is 5.49. The third-order valence-corrected chi connectivity index (χ3v) is 3.37. The number of ether oxygens (including phenoxy) is 1. The van der Waals surface area contributed by atoms with Crippen LogP contribution in [0.3, 0.4) is 0 Å². The summed E-state index contributed by atoms with van der Waals surface area (Å²) in [5.74, 6) is 1.36.